The number of ether oxygens (including phenoxy) is 1. The Morgan fingerprint density at radius 1 is 1.30 bits per heavy atom. The average molecular weight is 317 g/mol. The van der Waals surface area contributed by atoms with Crippen LogP contribution in [0.15, 0.2) is 6.58 Å². The Morgan fingerprint density at radius 2 is 2.00 bits per heavy atom. The highest BCUT2D eigenvalue weighted by Crippen LogP contribution is 2.39. The van der Waals surface area contributed by atoms with Crippen LogP contribution >= 0.6 is 0 Å². The van der Waals surface area contributed by atoms with E-state index in [4.69, 9.17) is 9.84 Å². The molecule has 1 saturated heterocycles. The van der Waals surface area contributed by atoms with Gasteiger partial charge in [-0.3, -0.25) is 4.68 Å². The van der Waals surface area contributed by atoms with E-state index in [0.29, 0.717) is 6.54 Å². The van der Waals surface area contributed by atoms with Crippen molar-refractivity contribution in [2.45, 2.75) is 70.3 Å². The number of hydrogen-bond donors (Lipinski definition) is 1. The van der Waals surface area contributed by atoms with E-state index in [1.807, 2.05) is 0 Å². The predicted octanol–water partition coefficient (Wildman–Crippen LogP) is 1.98. The molecule has 2 heterocycles. The molecule has 2 aliphatic carbocycles. The van der Waals surface area contributed by atoms with Crippen molar-refractivity contribution in [3.05, 3.63) is 23.5 Å². The highest BCUT2D eigenvalue weighted by atomic mass is 16.5. The first-order valence-corrected chi connectivity index (χ1v) is 8.86. The third-order valence-electron chi connectivity index (χ3n) is 5.35. The van der Waals surface area contributed by atoms with E-state index in [1.165, 1.54) is 17.7 Å². The molecule has 2 atom stereocenters. The van der Waals surface area contributed by atoms with Crippen molar-refractivity contribution in [3.8, 4) is 0 Å². The van der Waals surface area contributed by atoms with Gasteiger partial charge in [-0.25, -0.2) is 0 Å². The van der Waals surface area contributed by atoms with Crippen molar-refractivity contribution in [1.29, 1.82) is 0 Å². The van der Waals surface area contributed by atoms with Gasteiger partial charge in [-0.05, 0) is 46.0 Å². The molecule has 0 radical (unpaired) electrons. The Kier molecular flexibility index (Phi) is 3.54. The van der Waals surface area contributed by atoms with Crippen LogP contribution in [0.1, 0.15) is 50.1 Å². The predicted molar refractivity (Wildman–Crippen MR) is 89.1 cm³/mol. The third-order valence-corrected chi connectivity index (χ3v) is 5.35. The summed E-state index contributed by atoms with van der Waals surface area (Å²) in [5, 5.41) is 15.1. The Labute approximate surface area is 137 Å². The van der Waals surface area contributed by atoms with Gasteiger partial charge in [-0.1, -0.05) is 6.58 Å². The maximum atomic E-state index is 10.3. The number of aromatic nitrogens is 2. The lowest BCUT2D eigenvalue weighted by Gasteiger charge is -2.37. The van der Waals surface area contributed by atoms with E-state index in [2.05, 4.69) is 30.0 Å². The van der Waals surface area contributed by atoms with E-state index >= 15 is 0 Å². The summed E-state index contributed by atoms with van der Waals surface area (Å²) in [7, 11) is 0. The molecule has 126 valence electrons. The zero-order valence-electron chi connectivity index (χ0n) is 14.2. The number of morpholine rings is 1. The minimum absolute atomic E-state index is 0.220. The summed E-state index contributed by atoms with van der Waals surface area (Å²) in [6.45, 7) is 11.0. The number of nitrogens with zero attached hydrogens (tertiary/aromatic N) is 3. The van der Waals surface area contributed by atoms with Gasteiger partial charge in [0.1, 0.15) is 5.69 Å². The van der Waals surface area contributed by atoms with Crippen molar-refractivity contribution in [2.24, 2.45) is 0 Å². The van der Waals surface area contributed by atoms with Crippen LogP contribution in [0.3, 0.4) is 0 Å². The highest BCUT2D eigenvalue weighted by Gasteiger charge is 2.42. The van der Waals surface area contributed by atoms with E-state index < -0.39 is 5.60 Å². The van der Waals surface area contributed by atoms with Gasteiger partial charge in [0.25, 0.3) is 0 Å². The van der Waals surface area contributed by atoms with E-state index in [9.17, 15) is 5.11 Å². The first kappa shape index (κ1) is 15.2. The maximum Gasteiger partial charge on any atom is 0.111 e. The minimum Gasteiger partial charge on any atom is -0.388 e. The van der Waals surface area contributed by atoms with Crippen LogP contribution in [-0.4, -0.2) is 50.7 Å². The summed E-state index contributed by atoms with van der Waals surface area (Å²) < 4.78 is 7.89. The first-order chi connectivity index (χ1) is 11.0. The fourth-order valence-corrected chi connectivity index (χ4v) is 4.00. The molecule has 2 fully saturated rings. The van der Waals surface area contributed by atoms with E-state index in [1.54, 1.807) is 0 Å². The van der Waals surface area contributed by atoms with Crippen LogP contribution < -0.4 is 0 Å². The average Bonchev–Trinajstić information content (AvgIpc) is 2.92. The molecule has 0 amide bonds. The second kappa shape index (κ2) is 5.35. The third kappa shape index (κ3) is 2.81. The quantitative estimate of drug-likeness (QED) is 0.922. The number of hydrogen-bond acceptors (Lipinski definition) is 4. The molecule has 0 bridgehead atoms. The van der Waals surface area contributed by atoms with Gasteiger partial charge in [-0.2, -0.15) is 5.10 Å². The fourth-order valence-electron chi connectivity index (χ4n) is 4.00. The van der Waals surface area contributed by atoms with Gasteiger partial charge < -0.3 is 14.7 Å². The smallest absolute Gasteiger partial charge is 0.111 e. The zero-order chi connectivity index (χ0) is 16.2. The maximum absolute atomic E-state index is 10.3. The molecule has 23 heavy (non-hydrogen) atoms. The lowest BCUT2D eigenvalue weighted by Crippen LogP contribution is -2.44. The largest absolute Gasteiger partial charge is 0.388 e. The summed E-state index contributed by atoms with van der Waals surface area (Å²) in [6, 6.07) is 0. The topological polar surface area (TPSA) is 50.5 Å². The summed E-state index contributed by atoms with van der Waals surface area (Å²) in [4.78, 5) is 2.32. The van der Waals surface area contributed by atoms with Gasteiger partial charge >= 0.3 is 0 Å². The summed E-state index contributed by atoms with van der Waals surface area (Å²) in [6.07, 6.45) is 5.57. The standard InChI is InChI=1S/C18H27N3O2/c1-12-9-20(10-13(2)23-12)14(3)17-15-5-4-6-16(15)21(19-17)11-18(22)7-8-18/h12-13,22H,3-11H2,1-2H3. The fraction of sp³-hybridized carbons (Fsp3) is 0.722. The van der Waals surface area contributed by atoms with Gasteiger partial charge in [-0.15, -0.1) is 0 Å². The lowest BCUT2D eigenvalue weighted by atomic mass is 10.1. The molecule has 1 aromatic rings. The van der Waals surface area contributed by atoms with Gasteiger partial charge in [0.05, 0.1) is 30.1 Å². The van der Waals surface area contributed by atoms with Crippen LogP contribution in [0, 0.1) is 0 Å². The zero-order valence-corrected chi connectivity index (χ0v) is 14.2. The van der Waals surface area contributed by atoms with Crippen LogP contribution in [0.25, 0.3) is 5.70 Å². The molecular formula is C18H27N3O2. The Balaban J connectivity index is 1.61. The minimum atomic E-state index is -0.511. The van der Waals surface area contributed by atoms with Gasteiger partial charge in [0.15, 0.2) is 0 Å². The second-order valence-corrected chi connectivity index (χ2v) is 7.62. The molecule has 1 saturated carbocycles. The molecule has 1 N–H and O–H groups in total. The number of rotatable bonds is 4. The van der Waals surface area contributed by atoms with Crippen molar-refractivity contribution < 1.29 is 9.84 Å². The Bertz CT molecular complexity index is 622. The van der Waals surface area contributed by atoms with Crippen molar-refractivity contribution in [1.82, 2.24) is 14.7 Å². The van der Waals surface area contributed by atoms with Crippen molar-refractivity contribution >= 4 is 5.70 Å². The van der Waals surface area contributed by atoms with Crippen molar-refractivity contribution in [3.63, 3.8) is 0 Å². The molecule has 2 unspecified atom stereocenters. The number of aliphatic hydroxyl groups is 1. The summed E-state index contributed by atoms with van der Waals surface area (Å²) >= 11 is 0. The van der Waals surface area contributed by atoms with Crippen LogP contribution in [0.2, 0.25) is 0 Å². The molecule has 1 aliphatic heterocycles. The van der Waals surface area contributed by atoms with Crippen LogP contribution in [0.4, 0.5) is 0 Å². The van der Waals surface area contributed by atoms with Crippen molar-refractivity contribution in [2.75, 3.05) is 13.1 Å². The van der Waals surface area contributed by atoms with E-state index in [0.717, 1.165) is 50.2 Å². The van der Waals surface area contributed by atoms with Gasteiger partial charge in [0.2, 0.25) is 0 Å². The summed E-state index contributed by atoms with van der Waals surface area (Å²) in [5.41, 5.74) is 4.22. The van der Waals surface area contributed by atoms with E-state index in [-0.39, 0.29) is 12.2 Å². The molecule has 1 aromatic heterocycles. The van der Waals surface area contributed by atoms with Crippen LogP contribution in [-0.2, 0) is 24.1 Å². The molecule has 4 rings (SSSR count). The Morgan fingerprint density at radius 3 is 2.65 bits per heavy atom. The van der Waals surface area contributed by atoms with Crippen LogP contribution in [0.5, 0.6) is 0 Å². The van der Waals surface area contributed by atoms with Gasteiger partial charge in [0, 0.05) is 24.3 Å². The molecule has 5 heteroatoms. The monoisotopic (exact) mass is 317 g/mol. The Hall–Kier alpha value is -1.33. The lowest BCUT2D eigenvalue weighted by molar-refractivity contribution is -0.0509. The first-order valence-electron chi connectivity index (χ1n) is 8.86. The molecule has 0 aromatic carbocycles. The second-order valence-electron chi connectivity index (χ2n) is 7.62. The highest BCUT2D eigenvalue weighted by molar-refractivity contribution is 5.63. The molecular weight excluding hydrogens is 290 g/mol. The molecule has 3 aliphatic rings. The molecule has 0 spiro atoms. The normalized spacial score (nSPS) is 28.7. The molecule has 5 nitrogen and oxygen atoms in total. The number of fused-ring (bicyclic) bond motifs is 1. The SMILES string of the molecule is C=C(c1nn(CC2(O)CC2)c2c1CCC2)N1CC(C)OC(C)C1. The summed E-state index contributed by atoms with van der Waals surface area (Å²) in [5.74, 6) is 0.